The van der Waals surface area contributed by atoms with Crippen LogP contribution in [0.4, 0.5) is 5.69 Å². The Labute approximate surface area is 129 Å². The molecule has 0 saturated heterocycles. The van der Waals surface area contributed by atoms with Crippen molar-refractivity contribution in [3.63, 3.8) is 0 Å². The first-order valence-electron chi connectivity index (χ1n) is 6.08. The fourth-order valence-electron chi connectivity index (χ4n) is 2.08. The first-order chi connectivity index (χ1) is 10.0. The summed E-state index contributed by atoms with van der Waals surface area (Å²) in [5.74, 6) is 0. The smallest absolute Gasteiger partial charge is 0.267 e. The van der Waals surface area contributed by atoms with E-state index in [1.54, 1.807) is 10.9 Å². The van der Waals surface area contributed by atoms with E-state index in [9.17, 15) is 10.1 Å². The van der Waals surface area contributed by atoms with Crippen molar-refractivity contribution in [2.75, 3.05) is 0 Å². The first kappa shape index (κ1) is 13.9. The van der Waals surface area contributed by atoms with Crippen LogP contribution in [0.1, 0.15) is 5.56 Å². The number of rotatable bonds is 3. The number of benzene rings is 2. The van der Waals surface area contributed by atoms with Crippen molar-refractivity contribution in [3.05, 3.63) is 68.3 Å². The van der Waals surface area contributed by atoms with E-state index in [1.807, 2.05) is 24.3 Å². The Morgan fingerprint density at radius 2 is 1.90 bits per heavy atom. The third-order valence-electron chi connectivity index (χ3n) is 3.07. The quantitative estimate of drug-likeness (QED) is 0.533. The van der Waals surface area contributed by atoms with Gasteiger partial charge in [0.25, 0.3) is 5.69 Å². The molecule has 0 saturated carbocycles. The van der Waals surface area contributed by atoms with Gasteiger partial charge in [0.2, 0.25) is 0 Å². The molecule has 0 spiro atoms. The van der Waals surface area contributed by atoms with Gasteiger partial charge < -0.3 is 0 Å². The predicted molar refractivity (Wildman–Crippen MR) is 82.0 cm³/mol. The molecule has 0 atom stereocenters. The van der Waals surface area contributed by atoms with Crippen LogP contribution in [-0.4, -0.2) is 14.7 Å². The van der Waals surface area contributed by atoms with Gasteiger partial charge in [0.05, 0.1) is 17.0 Å². The Morgan fingerprint density at radius 1 is 1.19 bits per heavy atom. The summed E-state index contributed by atoms with van der Waals surface area (Å²) in [5.41, 5.74) is 1.54. The normalized spacial score (nSPS) is 11.0. The van der Waals surface area contributed by atoms with Gasteiger partial charge in [0, 0.05) is 22.7 Å². The lowest BCUT2D eigenvalue weighted by molar-refractivity contribution is -0.384. The van der Waals surface area contributed by atoms with Gasteiger partial charge in [0.15, 0.2) is 0 Å². The Bertz CT molecular complexity index is 828. The van der Waals surface area contributed by atoms with Crippen molar-refractivity contribution in [1.29, 1.82) is 0 Å². The molecule has 0 radical (unpaired) electrons. The van der Waals surface area contributed by atoms with Crippen LogP contribution in [-0.2, 0) is 6.54 Å². The van der Waals surface area contributed by atoms with E-state index < -0.39 is 4.92 Å². The fourth-order valence-corrected chi connectivity index (χ4v) is 2.44. The van der Waals surface area contributed by atoms with Gasteiger partial charge in [-0.25, -0.2) is 0 Å². The molecule has 0 aliphatic carbocycles. The lowest BCUT2D eigenvalue weighted by atomic mass is 10.2. The zero-order chi connectivity index (χ0) is 15.0. The second kappa shape index (κ2) is 5.35. The van der Waals surface area contributed by atoms with Crippen LogP contribution in [0.5, 0.6) is 0 Å². The van der Waals surface area contributed by atoms with Gasteiger partial charge in [-0.2, -0.15) is 5.10 Å². The summed E-state index contributed by atoms with van der Waals surface area (Å²) in [6.45, 7) is 0.553. The highest BCUT2D eigenvalue weighted by molar-refractivity contribution is 6.33. The molecular formula is C14H9Cl2N3O2. The lowest BCUT2D eigenvalue weighted by Gasteiger charge is -2.01. The summed E-state index contributed by atoms with van der Waals surface area (Å²) in [5, 5.41) is 16.7. The van der Waals surface area contributed by atoms with E-state index in [-0.39, 0.29) is 10.7 Å². The van der Waals surface area contributed by atoms with Crippen LogP contribution in [0.2, 0.25) is 10.0 Å². The molecule has 2 aromatic carbocycles. The van der Waals surface area contributed by atoms with Gasteiger partial charge in [-0.1, -0.05) is 35.3 Å². The topological polar surface area (TPSA) is 61.0 Å². The molecule has 21 heavy (non-hydrogen) atoms. The monoisotopic (exact) mass is 321 g/mol. The average molecular weight is 322 g/mol. The Hall–Kier alpha value is -2.11. The summed E-state index contributed by atoms with van der Waals surface area (Å²) in [4.78, 5) is 10.4. The number of hydrogen-bond acceptors (Lipinski definition) is 3. The van der Waals surface area contributed by atoms with E-state index in [1.165, 1.54) is 12.1 Å². The number of nitrogens with zero attached hydrogens (tertiary/aromatic N) is 3. The summed E-state index contributed by atoms with van der Waals surface area (Å²) >= 11 is 11.7. The third kappa shape index (κ3) is 2.84. The van der Waals surface area contributed by atoms with Crippen LogP contribution in [0.15, 0.2) is 42.6 Å². The van der Waals surface area contributed by atoms with E-state index in [2.05, 4.69) is 5.10 Å². The maximum atomic E-state index is 10.9. The van der Waals surface area contributed by atoms with E-state index >= 15 is 0 Å². The van der Waals surface area contributed by atoms with Crippen molar-refractivity contribution in [2.24, 2.45) is 0 Å². The van der Waals surface area contributed by atoms with Crippen molar-refractivity contribution in [1.82, 2.24) is 9.78 Å². The summed E-state index contributed by atoms with van der Waals surface area (Å²) in [6, 6.07) is 10.4. The minimum Gasteiger partial charge on any atom is -0.267 e. The maximum absolute atomic E-state index is 10.9. The van der Waals surface area contributed by atoms with Crippen molar-refractivity contribution in [2.45, 2.75) is 6.54 Å². The van der Waals surface area contributed by atoms with Gasteiger partial charge in [0.1, 0.15) is 5.02 Å². The summed E-state index contributed by atoms with van der Waals surface area (Å²) in [7, 11) is 0. The number of nitro groups is 1. The Morgan fingerprint density at radius 3 is 2.57 bits per heavy atom. The van der Waals surface area contributed by atoms with E-state index in [0.29, 0.717) is 22.5 Å². The Kier molecular flexibility index (Phi) is 3.53. The molecule has 5 nitrogen and oxygen atoms in total. The number of halogens is 2. The SMILES string of the molecule is O=[N+]([O-])c1cc2cn(Cc3ccc(Cl)cc3)nc2cc1Cl. The molecule has 1 aromatic heterocycles. The predicted octanol–water partition coefficient (Wildman–Crippen LogP) is 4.30. The first-order valence-corrected chi connectivity index (χ1v) is 6.84. The van der Waals surface area contributed by atoms with Crippen LogP contribution in [0, 0.1) is 10.1 Å². The minimum absolute atomic E-state index is 0.0873. The number of nitro benzene ring substituents is 1. The van der Waals surface area contributed by atoms with Gasteiger partial charge >= 0.3 is 0 Å². The zero-order valence-corrected chi connectivity index (χ0v) is 12.2. The molecule has 106 valence electrons. The van der Waals surface area contributed by atoms with Gasteiger partial charge in [-0.05, 0) is 23.8 Å². The number of fused-ring (bicyclic) bond motifs is 1. The molecule has 0 N–H and O–H groups in total. The number of hydrogen-bond donors (Lipinski definition) is 0. The Balaban J connectivity index is 1.97. The fraction of sp³-hybridized carbons (Fsp3) is 0.0714. The standard InChI is InChI=1S/C14H9Cl2N3O2/c15-11-3-1-9(2-4-11)7-18-8-10-5-14(19(20)21)12(16)6-13(10)17-18/h1-6,8H,7H2. The van der Waals surface area contributed by atoms with E-state index in [4.69, 9.17) is 23.2 Å². The molecule has 3 aromatic rings. The minimum atomic E-state index is -0.502. The molecule has 1 heterocycles. The van der Waals surface area contributed by atoms with Crippen LogP contribution >= 0.6 is 23.2 Å². The highest BCUT2D eigenvalue weighted by Gasteiger charge is 2.15. The molecule has 3 rings (SSSR count). The summed E-state index contributed by atoms with van der Waals surface area (Å²) in [6.07, 6.45) is 1.76. The van der Waals surface area contributed by atoms with Crippen molar-refractivity contribution in [3.8, 4) is 0 Å². The molecule has 0 unspecified atom stereocenters. The second-order valence-electron chi connectivity index (χ2n) is 4.57. The molecule has 0 amide bonds. The van der Waals surface area contributed by atoms with Crippen LogP contribution in [0.3, 0.4) is 0 Å². The van der Waals surface area contributed by atoms with E-state index in [0.717, 1.165) is 5.56 Å². The zero-order valence-electron chi connectivity index (χ0n) is 10.7. The molecule has 0 aliphatic heterocycles. The highest BCUT2D eigenvalue weighted by atomic mass is 35.5. The average Bonchev–Trinajstić information content (AvgIpc) is 2.81. The van der Waals surface area contributed by atoms with Crippen LogP contribution in [0.25, 0.3) is 10.9 Å². The van der Waals surface area contributed by atoms with Gasteiger partial charge in [-0.15, -0.1) is 0 Å². The largest absolute Gasteiger partial charge is 0.288 e. The maximum Gasteiger partial charge on any atom is 0.288 e. The van der Waals surface area contributed by atoms with Crippen molar-refractivity contribution >= 4 is 39.8 Å². The van der Waals surface area contributed by atoms with Gasteiger partial charge in [-0.3, -0.25) is 14.8 Å². The molecule has 0 fully saturated rings. The van der Waals surface area contributed by atoms with Crippen molar-refractivity contribution < 1.29 is 4.92 Å². The highest BCUT2D eigenvalue weighted by Crippen LogP contribution is 2.29. The molecular weight excluding hydrogens is 313 g/mol. The summed E-state index contributed by atoms with van der Waals surface area (Å²) < 4.78 is 1.72. The molecule has 0 bridgehead atoms. The molecule has 7 heteroatoms. The molecule has 0 aliphatic rings. The lowest BCUT2D eigenvalue weighted by Crippen LogP contribution is -1.99. The number of aromatic nitrogens is 2. The second-order valence-corrected chi connectivity index (χ2v) is 5.42. The third-order valence-corrected chi connectivity index (χ3v) is 3.63. The van der Waals surface area contributed by atoms with Crippen LogP contribution < -0.4 is 0 Å².